The third kappa shape index (κ3) is 4.53. The number of hydrogen-bond donors (Lipinski definition) is 2. The van der Waals surface area contributed by atoms with Gasteiger partial charge in [-0.25, -0.2) is 0 Å². The molecular weight excluding hydrogens is 386 g/mol. The van der Waals surface area contributed by atoms with Gasteiger partial charge in [0.1, 0.15) is 11.5 Å². The van der Waals surface area contributed by atoms with Crippen LogP contribution in [0.4, 0.5) is 5.69 Å². The number of hydrogen-bond acceptors (Lipinski definition) is 3. The molecule has 0 saturated heterocycles. The number of anilines is 1. The molecule has 120 valence electrons. The van der Waals surface area contributed by atoms with E-state index < -0.39 is 0 Å². The summed E-state index contributed by atoms with van der Waals surface area (Å²) in [5, 5.41) is 7.53. The van der Waals surface area contributed by atoms with E-state index in [1.54, 1.807) is 6.21 Å². The van der Waals surface area contributed by atoms with Crippen molar-refractivity contribution in [3.05, 3.63) is 77.0 Å². The summed E-state index contributed by atoms with van der Waals surface area (Å²) in [6.07, 6.45) is 1.58. The Hall–Kier alpha value is -2.44. The van der Waals surface area contributed by atoms with Gasteiger partial charge in [0.05, 0.1) is 6.21 Å². The number of rotatable bonds is 4. The lowest BCUT2D eigenvalue weighted by atomic mass is 10.2. The fourth-order valence-electron chi connectivity index (χ4n) is 2.03. The van der Waals surface area contributed by atoms with Crippen molar-refractivity contribution in [3.8, 4) is 11.3 Å². The summed E-state index contributed by atoms with van der Waals surface area (Å²) in [4.78, 5) is 0. The summed E-state index contributed by atoms with van der Waals surface area (Å²) >= 11 is 8.59. The van der Waals surface area contributed by atoms with Crippen LogP contribution in [0.3, 0.4) is 0 Å². The van der Waals surface area contributed by atoms with Crippen LogP contribution in [0.5, 0.6) is 0 Å². The molecule has 3 rings (SSSR count). The van der Waals surface area contributed by atoms with Gasteiger partial charge in [-0.2, -0.15) is 5.10 Å². The molecule has 3 aromatic rings. The molecule has 4 nitrogen and oxygen atoms in total. The van der Waals surface area contributed by atoms with Crippen LogP contribution in [-0.2, 0) is 0 Å². The Labute approximate surface area is 153 Å². The molecule has 0 saturated carbocycles. The van der Waals surface area contributed by atoms with Crippen molar-refractivity contribution in [1.29, 1.82) is 0 Å². The van der Waals surface area contributed by atoms with Crippen molar-refractivity contribution in [1.82, 2.24) is 5.43 Å². The van der Waals surface area contributed by atoms with Gasteiger partial charge in [0.15, 0.2) is 5.11 Å². The van der Waals surface area contributed by atoms with Crippen molar-refractivity contribution in [2.24, 2.45) is 5.10 Å². The van der Waals surface area contributed by atoms with Gasteiger partial charge in [-0.15, -0.1) is 0 Å². The van der Waals surface area contributed by atoms with Crippen LogP contribution in [0.1, 0.15) is 5.76 Å². The Bertz CT molecular complexity index is 844. The van der Waals surface area contributed by atoms with Gasteiger partial charge in [-0.3, -0.25) is 5.43 Å². The highest BCUT2D eigenvalue weighted by Crippen LogP contribution is 2.23. The van der Waals surface area contributed by atoms with Gasteiger partial charge in [-0.1, -0.05) is 46.3 Å². The Morgan fingerprint density at radius 1 is 1.00 bits per heavy atom. The first-order chi connectivity index (χ1) is 11.7. The number of hydrazone groups is 1. The van der Waals surface area contributed by atoms with Gasteiger partial charge in [0, 0.05) is 15.7 Å². The van der Waals surface area contributed by atoms with Gasteiger partial charge >= 0.3 is 0 Å². The summed E-state index contributed by atoms with van der Waals surface area (Å²) in [7, 11) is 0. The molecule has 2 N–H and O–H groups in total. The molecule has 0 fully saturated rings. The molecule has 6 heteroatoms. The van der Waals surface area contributed by atoms with Gasteiger partial charge in [-0.05, 0) is 48.6 Å². The summed E-state index contributed by atoms with van der Waals surface area (Å²) in [6, 6.07) is 21.3. The van der Waals surface area contributed by atoms with E-state index in [-0.39, 0.29) is 0 Å². The molecule has 0 bridgehead atoms. The fraction of sp³-hybridized carbons (Fsp3) is 0. The van der Waals surface area contributed by atoms with E-state index in [1.165, 1.54) is 0 Å². The highest BCUT2D eigenvalue weighted by molar-refractivity contribution is 9.10. The molecule has 0 atom stereocenters. The summed E-state index contributed by atoms with van der Waals surface area (Å²) in [5.41, 5.74) is 4.67. The summed E-state index contributed by atoms with van der Waals surface area (Å²) in [5.74, 6) is 1.43. The monoisotopic (exact) mass is 399 g/mol. The van der Waals surface area contributed by atoms with Crippen LogP contribution >= 0.6 is 28.1 Å². The number of thiocarbonyl (C=S) groups is 1. The Morgan fingerprint density at radius 3 is 2.50 bits per heavy atom. The van der Waals surface area contributed by atoms with E-state index >= 15 is 0 Å². The van der Waals surface area contributed by atoms with E-state index in [9.17, 15) is 0 Å². The quantitative estimate of drug-likeness (QED) is 0.367. The smallest absolute Gasteiger partial charge is 0.191 e. The first-order valence-electron chi connectivity index (χ1n) is 7.21. The maximum Gasteiger partial charge on any atom is 0.191 e. The molecule has 0 spiro atoms. The number of nitrogens with one attached hydrogen (secondary N) is 2. The van der Waals surface area contributed by atoms with Crippen molar-refractivity contribution in [3.63, 3.8) is 0 Å². The minimum absolute atomic E-state index is 0.414. The molecule has 1 heterocycles. The number of benzene rings is 2. The van der Waals surface area contributed by atoms with E-state index in [0.29, 0.717) is 10.9 Å². The molecular formula is C18H14BrN3OS. The Balaban J connectivity index is 1.57. The molecule has 24 heavy (non-hydrogen) atoms. The molecule has 1 aromatic heterocycles. The van der Waals surface area contributed by atoms with Crippen LogP contribution in [0.2, 0.25) is 0 Å². The minimum atomic E-state index is 0.414. The molecule has 0 radical (unpaired) electrons. The highest BCUT2D eigenvalue weighted by Gasteiger charge is 2.03. The Morgan fingerprint density at radius 2 is 1.75 bits per heavy atom. The molecule has 0 aliphatic rings. The highest BCUT2D eigenvalue weighted by atomic mass is 79.9. The first-order valence-corrected chi connectivity index (χ1v) is 8.42. The zero-order valence-corrected chi connectivity index (χ0v) is 15.0. The van der Waals surface area contributed by atoms with E-state index in [0.717, 1.165) is 21.5 Å². The Kier molecular flexibility index (Phi) is 5.40. The molecule has 0 aliphatic heterocycles. The van der Waals surface area contributed by atoms with Crippen molar-refractivity contribution in [2.45, 2.75) is 0 Å². The second-order valence-electron chi connectivity index (χ2n) is 4.90. The van der Waals surface area contributed by atoms with Gasteiger partial charge in [0.25, 0.3) is 0 Å². The maximum atomic E-state index is 5.74. The van der Waals surface area contributed by atoms with Crippen LogP contribution < -0.4 is 10.7 Å². The molecule has 0 amide bonds. The number of para-hydroxylation sites is 1. The van der Waals surface area contributed by atoms with Gasteiger partial charge in [0.2, 0.25) is 0 Å². The van der Waals surface area contributed by atoms with Crippen LogP contribution in [0.25, 0.3) is 11.3 Å². The predicted molar refractivity (Wildman–Crippen MR) is 105 cm³/mol. The number of furan rings is 1. The molecule has 2 aromatic carbocycles. The lowest BCUT2D eigenvalue weighted by molar-refractivity contribution is 0.574. The van der Waals surface area contributed by atoms with Crippen molar-refractivity contribution in [2.75, 3.05) is 5.32 Å². The fourth-order valence-corrected chi connectivity index (χ4v) is 2.46. The van der Waals surface area contributed by atoms with Crippen LogP contribution in [0, 0.1) is 0 Å². The maximum absolute atomic E-state index is 5.74. The first kappa shape index (κ1) is 16.4. The van der Waals surface area contributed by atoms with E-state index in [1.807, 2.05) is 66.7 Å². The topological polar surface area (TPSA) is 49.6 Å². The summed E-state index contributed by atoms with van der Waals surface area (Å²) in [6.45, 7) is 0. The SMILES string of the molecule is S=C(N/N=C/c1ccc(-c2ccc(Br)cc2)o1)Nc1ccccc1. The lowest BCUT2D eigenvalue weighted by Crippen LogP contribution is -2.23. The number of nitrogens with zero attached hydrogens (tertiary/aromatic N) is 1. The average molecular weight is 400 g/mol. The van der Waals surface area contributed by atoms with Crippen LogP contribution in [-0.4, -0.2) is 11.3 Å². The molecule has 0 unspecified atom stereocenters. The lowest BCUT2D eigenvalue weighted by Gasteiger charge is -2.05. The largest absolute Gasteiger partial charge is 0.455 e. The third-order valence-corrected chi connectivity index (χ3v) is 3.87. The van der Waals surface area contributed by atoms with Crippen molar-refractivity contribution >= 4 is 45.2 Å². The average Bonchev–Trinajstić information content (AvgIpc) is 3.05. The van der Waals surface area contributed by atoms with Gasteiger partial charge < -0.3 is 9.73 Å². The minimum Gasteiger partial charge on any atom is -0.455 e. The predicted octanol–water partition coefficient (Wildman–Crippen LogP) is 5.03. The second kappa shape index (κ2) is 7.90. The van der Waals surface area contributed by atoms with Crippen LogP contribution in [0.15, 0.2) is 80.7 Å². The van der Waals surface area contributed by atoms with E-state index in [4.69, 9.17) is 16.6 Å². The normalized spacial score (nSPS) is 10.7. The molecule has 0 aliphatic carbocycles. The number of halogens is 1. The standard InChI is InChI=1S/C18H14BrN3OS/c19-14-8-6-13(7-9-14)17-11-10-16(23-17)12-20-22-18(24)21-15-4-2-1-3-5-15/h1-12H,(H2,21,22,24)/b20-12+. The van der Waals surface area contributed by atoms with E-state index in [2.05, 4.69) is 31.8 Å². The van der Waals surface area contributed by atoms with Crippen molar-refractivity contribution < 1.29 is 4.42 Å². The third-order valence-electron chi connectivity index (χ3n) is 3.15. The zero-order chi connectivity index (χ0) is 16.8. The summed E-state index contributed by atoms with van der Waals surface area (Å²) < 4.78 is 6.77. The second-order valence-corrected chi connectivity index (χ2v) is 6.22. The zero-order valence-electron chi connectivity index (χ0n) is 12.6.